The van der Waals surface area contributed by atoms with Crippen LogP contribution in [0.2, 0.25) is 0 Å². The Balaban J connectivity index is 0.00000201. The van der Waals surface area contributed by atoms with E-state index in [-0.39, 0.29) is 0 Å². The van der Waals surface area contributed by atoms with Gasteiger partial charge in [0.15, 0.2) is 11.6 Å². The van der Waals surface area contributed by atoms with Gasteiger partial charge in [-0.25, -0.2) is 4.98 Å². The molecule has 0 radical (unpaired) electrons. The Hall–Kier alpha value is -7.89. The van der Waals surface area contributed by atoms with Gasteiger partial charge in [-0.15, -0.1) is 0 Å². The summed E-state index contributed by atoms with van der Waals surface area (Å²) in [5, 5.41) is 9.17. The highest BCUT2D eigenvalue weighted by Gasteiger charge is 2.24. The number of hydrogen-bond donors (Lipinski definition) is 0. The maximum absolute atomic E-state index is 6.44. The second kappa shape index (κ2) is 14.5. The van der Waals surface area contributed by atoms with Crippen LogP contribution in [0.15, 0.2) is 199 Å². The topological polar surface area (TPSA) is 56.7 Å². The molecule has 12 rings (SSSR count). The van der Waals surface area contributed by atoms with Crippen LogP contribution in [0, 0.1) is 0 Å². The van der Waals surface area contributed by atoms with E-state index in [2.05, 4.69) is 162 Å². The van der Waals surface area contributed by atoms with Gasteiger partial charge < -0.3 is 4.42 Å². The number of furan rings is 1. The van der Waals surface area contributed by atoms with Crippen LogP contribution < -0.4 is 0 Å². The zero-order valence-electron chi connectivity index (χ0n) is 33.2. The van der Waals surface area contributed by atoms with E-state index in [0.717, 1.165) is 82.5 Å². The first kappa shape index (κ1) is 35.3. The molecule has 0 fully saturated rings. The monoisotopic (exact) mass is 770 g/mol. The van der Waals surface area contributed by atoms with Crippen LogP contribution >= 0.6 is 0 Å². The zero-order chi connectivity index (χ0) is 40.2. The average molecular weight is 771 g/mol. The lowest BCUT2D eigenvalue weighted by atomic mass is 9.96. The lowest BCUT2D eigenvalue weighted by molar-refractivity contribution is 0.669. The Labute approximate surface area is 346 Å². The van der Waals surface area contributed by atoms with Crippen molar-refractivity contribution in [2.45, 2.75) is 13.8 Å². The molecule has 0 aliphatic rings. The van der Waals surface area contributed by atoms with E-state index in [0.29, 0.717) is 17.6 Å². The summed E-state index contributed by atoms with van der Waals surface area (Å²) in [6, 6.07) is 67.9. The van der Waals surface area contributed by atoms with Gasteiger partial charge >= 0.3 is 0 Å². The number of rotatable bonds is 5. The molecule has 3 heterocycles. The summed E-state index contributed by atoms with van der Waals surface area (Å²) >= 11 is 0. The van der Waals surface area contributed by atoms with Gasteiger partial charge in [0, 0.05) is 43.6 Å². The standard InChI is InChI=1S/C53H32N4O.C2H6/c1-3-14-33(15-4-1)34-26-28-36(29-27-34)52-54-51(35-16-5-2-6-17-35)55-53(56-52)57-49-38(37-30-31-42-41-20-11-12-25-46(41)58-47(42)32-37)23-13-24-45(49)48-43-21-9-7-18-39(43)40-19-8-10-22-44(40)50(48)57;1-2/h1-32H;1-2H3. The molecule has 0 bridgehead atoms. The van der Waals surface area contributed by atoms with Crippen molar-refractivity contribution in [1.29, 1.82) is 0 Å². The van der Waals surface area contributed by atoms with Crippen LogP contribution in [0.1, 0.15) is 13.8 Å². The van der Waals surface area contributed by atoms with Gasteiger partial charge in [-0.2, -0.15) is 9.97 Å². The van der Waals surface area contributed by atoms with E-state index in [1.54, 1.807) is 0 Å². The van der Waals surface area contributed by atoms with E-state index in [9.17, 15) is 0 Å². The maximum Gasteiger partial charge on any atom is 0.238 e. The first-order valence-electron chi connectivity index (χ1n) is 20.5. The predicted octanol–water partition coefficient (Wildman–Crippen LogP) is 14.9. The molecular formula is C55H38N4O. The molecule has 0 aliphatic carbocycles. The number of hydrogen-bond acceptors (Lipinski definition) is 4. The van der Waals surface area contributed by atoms with Crippen molar-refractivity contribution in [2.24, 2.45) is 0 Å². The SMILES string of the molecule is CC.c1ccc(-c2ccc(-c3nc(-c4ccccc4)nc(-n4c5c(-c6ccc7c(c6)oc6ccccc67)cccc5c5c6ccccc6c6ccccc6c54)n3)cc2)cc1. The van der Waals surface area contributed by atoms with Crippen LogP contribution in [0.3, 0.4) is 0 Å². The van der Waals surface area contributed by atoms with Crippen molar-refractivity contribution < 1.29 is 4.42 Å². The van der Waals surface area contributed by atoms with Crippen LogP contribution in [0.25, 0.3) is 116 Å². The van der Waals surface area contributed by atoms with Crippen LogP contribution in [-0.2, 0) is 0 Å². The van der Waals surface area contributed by atoms with Crippen LogP contribution in [0.4, 0.5) is 0 Å². The highest BCUT2D eigenvalue weighted by Crippen LogP contribution is 2.45. The van der Waals surface area contributed by atoms with Gasteiger partial charge in [0.25, 0.3) is 0 Å². The third-order valence-electron chi connectivity index (χ3n) is 11.5. The predicted molar refractivity (Wildman–Crippen MR) is 250 cm³/mol. The highest BCUT2D eigenvalue weighted by atomic mass is 16.3. The third kappa shape index (κ3) is 5.66. The summed E-state index contributed by atoms with van der Waals surface area (Å²) in [6.07, 6.45) is 0. The minimum absolute atomic E-state index is 0.550. The van der Waals surface area contributed by atoms with Crippen molar-refractivity contribution in [3.63, 3.8) is 0 Å². The Morgan fingerprint density at radius 1 is 0.350 bits per heavy atom. The third-order valence-corrected chi connectivity index (χ3v) is 11.5. The quantitative estimate of drug-likeness (QED) is 0.164. The molecule has 60 heavy (non-hydrogen) atoms. The second-order valence-corrected chi connectivity index (χ2v) is 14.8. The second-order valence-electron chi connectivity index (χ2n) is 14.8. The van der Waals surface area contributed by atoms with Gasteiger partial charge in [0.05, 0.1) is 11.0 Å². The summed E-state index contributed by atoms with van der Waals surface area (Å²) in [5.74, 6) is 1.76. The summed E-state index contributed by atoms with van der Waals surface area (Å²) in [4.78, 5) is 15.9. The molecule has 3 aromatic heterocycles. The lowest BCUT2D eigenvalue weighted by Crippen LogP contribution is -2.07. The lowest BCUT2D eigenvalue weighted by Gasteiger charge is -2.14. The molecule has 5 heteroatoms. The van der Waals surface area contributed by atoms with Crippen molar-refractivity contribution >= 4 is 65.3 Å². The molecule has 0 spiro atoms. The molecule has 0 N–H and O–H groups in total. The fourth-order valence-electron chi connectivity index (χ4n) is 8.80. The van der Waals surface area contributed by atoms with Crippen LogP contribution in [0.5, 0.6) is 0 Å². The number of benzene rings is 9. The van der Waals surface area contributed by atoms with Crippen molar-refractivity contribution in [3.8, 4) is 51.0 Å². The molecule has 0 unspecified atom stereocenters. The first-order chi connectivity index (χ1) is 29.8. The van der Waals surface area contributed by atoms with Gasteiger partial charge in [0.1, 0.15) is 11.2 Å². The summed E-state index contributed by atoms with van der Waals surface area (Å²) in [5.41, 5.74) is 10.0. The number of fused-ring (bicyclic) bond motifs is 11. The molecule has 5 nitrogen and oxygen atoms in total. The van der Waals surface area contributed by atoms with Crippen LogP contribution in [-0.4, -0.2) is 19.5 Å². The zero-order valence-corrected chi connectivity index (χ0v) is 33.2. The Kier molecular flexibility index (Phi) is 8.52. The molecule has 0 amide bonds. The molecule has 0 saturated carbocycles. The smallest absolute Gasteiger partial charge is 0.238 e. The Morgan fingerprint density at radius 3 is 1.57 bits per heavy atom. The van der Waals surface area contributed by atoms with Gasteiger partial charge in [-0.3, -0.25) is 4.57 Å². The largest absolute Gasteiger partial charge is 0.456 e. The summed E-state index contributed by atoms with van der Waals surface area (Å²) in [7, 11) is 0. The molecule has 9 aromatic carbocycles. The van der Waals surface area contributed by atoms with E-state index in [4.69, 9.17) is 19.4 Å². The highest BCUT2D eigenvalue weighted by molar-refractivity contribution is 6.33. The van der Waals surface area contributed by atoms with Crippen molar-refractivity contribution in [1.82, 2.24) is 19.5 Å². The molecule has 284 valence electrons. The number of nitrogens with zero attached hydrogens (tertiary/aromatic N) is 4. The van der Waals surface area contributed by atoms with E-state index in [1.165, 1.54) is 16.2 Å². The van der Waals surface area contributed by atoms with E-state index < -0.39 is 0 Å². The first-order valence-corrected chi connectivity index (χ1v) is 20.5. The van der Waals surface area contributed by atoms with Gasteiger partial charge in [-0.05, 0) is 51.0 Å². The number of para-hydroxylation sites is 2. The van der Waals surface area contributed by atoms with E-state index >= 15 is 0 Å². The average Bonchev–Trinajstić information content (AvgIpc) is 3.89. The molecule has 0 atom stereocenters. The minimum Gasteiger partial charge on any atom is -0.456 e. The minimum atomic E-state index is 0.550. The van der Waals surface area contributed by atoms with Gasteiger partial charge in [0.2, 0.25) is 5.95 Å². The summed E-state index contributed by atoms with van der Waals surface area (Å²) in [6.45, 7) is 4.00. The summed E-state index contributed by atoms with van der Waals surface area (Å²) < 4.78 is 8.73. The Bertz CT molecular complexity index is 3550. The fraction of sp³-hybridized carbons (Fsp3) is 0.0364. The van der Waals surface area contributed by atoms with Crippen molar-refractivity contribution in [2.75, 3.05) is 0 Å². The number of aromatic nitrogens is 4. The molecule has 0 saturated heterocycles. The molecule has 12 aromatic rings. The fourth-order valence-corrected chi connectivity index (χ4v) is 8.80. The normalized spacial score (nSPS) is 11.5. The van der Waals surface area contributed by atoms with Gasteiger partial charge in [-0.1, -0.05) is 190 Å². The Morgan fingerprint density at radius 2 is 0.850 bits per heavy atom. The molecule has 0 aliphatic heterocycles. The van der Waals surface area contributed by atoms with Crippen molar-refractivity contribution in [3.05, 3.63) is 194 Å². The van der Waals surface area contributed by atoms with E-state index in [1.807, 2.05) is 50.2 Å². The maximum atomic E-state index is 6.44. The molecular weight excluding hydrogens is 733 g/mol.